The summed E-state index contributed by atoms with van der Waals surface area (Å²) >= 11 is 3.41. The molecule has 20 heavy (non-hydrogen) atoms. The van der Waals surface area contributed by atoms with Crippen LogP contribution in [-0.2, 0) is 7.05 Å². The van der Waals surface area contributed by atoms with Gasteiger partial charge in [0.25, 0.3) is 0 Å². The van der Waals surface area contributed by atoms with Crippen LogP contribution in [-0.4, -0.2) is 14.5 Å². The summed E-state index contributed by atoms with van der Waals surface area (Å²) in [4.78, 5) is 8.57. The zero-order valence-corrected chi connectivity index (χ0v) is 12.7. The lowest BCUT2D eigenvalue weighted by molar-refractivity contribution is 0.467. The number of hydrogen-bond donors (Lipinski definition) is 1. The lowest BCUT2D eigenvalue weighted by Crippen LogP contribution is -1.97. The van der Waals surface area contributed by atoms with Crippen LogP contribution in [0, 0.1) is 6.92 Å². The number of nitrogen functional groups attached to an aromatic ring is 1. The standard InChI is InChI=1S/C14H13BrN4O/c1-8-5-9(15)6-10(16)13(8)20-14-12-11(3-4-17-14)19(2)7-18-12/h3-7H,16H2,1-2H3. The molecule has 0 saturated heterocycles. The third kappa shape index (κ3) is 2.12. The van der Waals surface area contributed by atoms with Gasteiger partial charge in [-0.15, -0.1) is 0 Å². The van der Waals surface area contributed by atoms with Gasteiger partial charge in [-0.05, 0) is 30.7 Å². The van der Waals surface area contributed by atoms with E-state index in [1.165, 1.54) is 0 Å². The fourth-order valence-corrected chi connectivity index (χ4v) is 2.69. The van der Waals surface area contributed by atoms with Crippen molar-refractivity contribution in [1.82, 2.24) is 14.5 Å². The van der Waals surface area contributed by atoms with E-state index in [0.29, 0.717) is 17.3 Å². The van der Waals surface area contributed by atoms with Gasteiger partial charge in [0.1, 0.15) is 0 Å². The Labute approximate surface area is 124 Å². The van der Waals surface area contributed by atoms with E-state index < -0.39 is 0 Å². The second-order valence-corrected chi connectivity index (χ2v) is 5.50. The van der Waals surface area contributed by atoms with E-state index in [4.69, 9.17) is 10.5 Å². The number of aryl methyl sites for hydroxylation is 2. The van der Waals surface area contributed by atoms with Crippen molar-refractivity contribution in [3.05, 3.63) is 40.8 Å². The third-order valence-electron chi connectivity index (χ3n) is 3.08. The molecule has 0 fully saturated rings. The predicted molar refractivity (Wildman–Crippen MR) is 81.9 cm³/mol. The molecule has 0 aliphatic rings. The van der Waals surface area contributed by atoms with Crippen LogP contribution in [0.5, 0.6) is 11.6 Å². The Morgan fingerprint density at radius 3 is 2.85 bits per heavy atom. The highest BCUT2D eigenvalue weighted by atomic mass is 79.9. The van der Waals surface area contributed by atoms with Gasteiger partial charge in [0.2, 0.25) is 5.88 Å². The molecule has 0 amide bonds. The minimum atomic E-state index is 0.459. The molecule has 0 unspecified atom stereocenters. The van der Waals surface area contributed by atoms with Gasteiger partial charge in [-0.25, -0.2) is 9.97 Å². The highest BCUT2D eigenvalue weighted by Crippen LogP contribution is 2.35. The molecule has 0 atom stereocenters. The molecule has 0 bridgehead atoms. The normalized spacial score (nSPS) is 10.9. The average molecular weight is 333 g/mol. The molecule has 102 valence electrons. The molecular formula is C14H13BrN4O. The maximum absolute atomic E-state index is 6.01. The summed E-state index contributed by atoms with van der Waals surface area (Å²) in [6, 6.07) is 5.65. The van der Waals surface area contributed by atoms with Crippen LogP contribution in [0.1, 0.15) is 5.56 Å². The summed E-state index contributed by atoms with van der Waals surface area (Å²) < 4.78 is 8.73. The second-order valence-electron chi connectivity index (χ2n) is 4.58. The number of halogens is 1. The monoisotopic (exact) mass is 332 g/mol. The summed E-state index contributed by atoms with van der Waals surface area (Å²) in [6.45, 7) is 1.94. The molecule has 2 N–H and O–H groups in total. The van der Waals surface area contributed by atoms with Crippen LogP contribution in [0.15, 0.2) is 35.2 Å². The summed E-state index contributed by atoms with van der Waals surface area (Å²) in [5.41, 5.74) is 9.19. The molecule has 0 saturated carbocycles. The number of ether oxygens (including phenoxy) is 1. The number of nitrogens with zero attached hydrogens (tertiary/aromatic N) is 3. The van der Waals surface area contributed by atoms with Crippen molar-refractivity contribution in [2.24, 2.45) is 7.05 Å². The number of fused-ring (bicyclic) bond motifs is 1. The molecule has 0 spiro atoms. The number of anilines is 1. The fourth-order valence-electron chi connectivity index (χ4n) is 2.10. The Morgan fingerprint density at radius 2 is 2.10 bits per heavy atom. The van der Waals surface area contributed by atoms with E-state index >= 15 is 0 Å². The Bertz CT molecular complexity index is 774. The minimum absolute atomic E-state index is 0.459. The van der Waals surface area contributed by atoms with Crippen molar-refractivity contribution in [3.8, 4) is 11.6 Å². The van der Waals surface area contributed by atoms with Crippen molar-refractivity contribution in [1.29, 1.82) is 0 Å². The summed E-state index contributed by atoms with van der Waals surface area (Å²) in [6.07, 6.45) is 3.43. The summed E-state index contributed by atoms with van der Waals surface area (Å²) in [5.74, 6) is 1.07. The largest absolute Gasteiger partial charge is 0.434 e. The van der Waals surface area contributed by atoms with Crippen LogP contribution in [0.2, 0.25) is 0 Å². The molecule has 0 aliphatic carbocycles. The molecule has 0 aliphatic heterocycles. The van der Waals surface area contributed by atoms with Gasteiger partial charge in [-0.2, -0.15) is 0 Å². The van der Waals surface area contributed by atoms with E-state index in [2.05, 4.69) is 25.9 Å². The molecule has 3 aromatic rings. The smallest absolute Gasteiger partial charge is 0.247 e. The highest BCUT2D eigenvalue weighted by molar-refractivity contribution is 9.10. The van der Waals surface area contributed by atoms with Gasteiger partial charge in [-0.1, -0.05) is 15.9 Å². The zero-order valence-electron chi connectivity index (χ0n) is 11.1. The molecule has 3 rings (SSSR count). The van der Waals surface area contributed by atoms with E-state index in [-0.39, 0.29) is 0 Å². The third-order valence-corrected chi connectivity index (χ3v) is 3.53. The second kappa shape index (κ2) is 4.79. The first-order valence-electron chi connectivity index (χ1n) is 6.06. The van der Waals surface area contributed by atoms with Gasteiger partial charge >= 0.3 is 0 Å². The number of nitrogens with two attached hydrogens (primary N) is 1. The molecule has 5 nitrogen and oxygen atoms in total. The number of aromatic nitrogens is 3. The Balaban J connectivity index is 2.10. The first kappa shape index (κ1) is 12.9. The molecule has 1 aromatic carbocycles. The van der Waals surface area contributed by atoms with Crippen LogP contribution in [0.25, 0.3) is 11.0 Å². The van der Waals surface area contributed by atoms with Gasteiger partial charge < -0.3 is 15.0 Å². The van der Waals surface area contributed by atoms with Crippen molar-refractivity contribution >= 4 is 32.7 Å². The number of rotatable bonds is 2. The maximum atomic E-state index is 6.01. The van der Waals surface area contributed by atoms with E-state index in [1.54, 1.807) is 18.6 Å². The van der Waals surface area contributed by atoms with Crippen LogP contribution < -0.4 is 10.5 Å². The summed E-state index contributed by atoms with van der Waals surface area (Å²) in [7, 11) is 1.93. The van der Waals surface area contributed by atoms with Gasteiger partial charge in [0.05, 0.1) is 17.5 Å². The highest BCUT2D eigenvalue weighted by Gasteiger charge is 2.13. The number of imidazole rings is 1. The SMILES string of the molecule is Cc1cc(Br)cc(N)c1Oc1nccc2c1ncn2C. The topological polar surface area (TPSA) is 66.0 Å². The fraction of sp³-hybridized carbons (Fsp3) is 0.143. The lowest BCUT2D eigenvalue weighted by atomic mass is 10.2. The molecular weight excluding hydrogens is 320 g/mol. The Hall–Kier alpha value is -2.08. The van der Waals surface area contributed by atoms with Crippen LogP contribution in [0.4, 0.5) is 5.69 Å². The van der Waals surface area contributed by atoms with Crippen molar-refractivity contribution < 1.29 is 4.74 Å². The average Bonchev–Trinajstić information content (AvgIpc) is 2.77. The Morgan fingerprint density at radius 1 is 1.30 bits per heavy atom. The predicted octanol–water partition coefficient (Wildman–Crippen LogP) is 3.41. The Kier molecular flexibility index (Phi) is 3.10. The van der Waals surface area contributed by atoms with Gasteiger partial charge in [0, 0.05) is 17.7 Å². The van der Waals surface area contributed by atoms with Crippen LogP contribution in [0.3, 0.4) is 0 Å². The zero-order chi connectivity index (χ0) is 14.3. The van der Waals surface area contributed by atoms with Gasteiger partial charge in [0.15, 0.2) is 11.3 Å². The lowest BCUT2D eigenvalue weighted by Gasteiger charge is -2.11. The molecule has 2 heterocycles. The van der Waals surface area contributed by atoms with Gasteiger partial charge in [-0.3, -0.25) is 0 Å². The molecule has 0 radical (unpaired) electrons. The van der Waals surface area contributed by atoms with Crippen molar-refractivity contribution in [2.45, 2.75) is 6.92 Å². The number of benzene rings is 1. The minimum Gasteiger partial charge on any atom is -0.434 e. The first-order chi connectivity index (χ1) is 9.56. The molecule has 2 aromatic heterocycles. The molecule has 6 heteroatoms. The number of hydrogen-bond acceptors (Lipinski definition) is 4. The van der Waals surface area contributed by atoms with Crippen molar-refractivity contribution in [2.75, 3.05) is 5.73 Å². The van der Waals surface area contributed by atoms with E-state index in [0.717, 1.165) is 21.1 Å². The van der Waals surface area contributed by atoms with E-state index in [1.807, 2.05) is 30.7 Å². The summed E-state index contributed by atoms with van der Waals surface area (Å²) in [5, 5.41) is 0. The number of pyridine rings is 1. The maximum Gasteiger partial charge on any atom is 0.247 e. The quantitative estimate of drug-likeness (QED) is 0.730. The van der Waals surface area contributed by atoms with Crippen LogP contribution >= 0.6 is 15.9 Å². The van der Waals surface area contributed by atoms with Crippen molar-refractivity contribution in [3.63, 3.8) is 0 Å². The first-order valence-corrected chi connectivity index (χ1v) is 6.85. The van der Waals surface area contributed by atoms with E-state index in [9.17, 15) is 0 Å².